The van der Waals surface area contributed by atoms with Gasteiger partial charge in [0, 0.05) is 138 Å². The summed E-state index contributed by atoms with van der Waals surface area (Å²) in [4.78, 5) is 47.9. The van der Waals surface area contributed by atoms with Crippen molar-refractivity contribution >= 4 is 202 Å². The van der Waals surface area contributed by atoms with Crippen molar-refractivity contribution in [3.63, 3.8) is 0 Å². The Labute approximate surface area is 875 Å². The number of allylic oxidation sites excluding steroid dienone is 1. The van der Waals surface area contributed by atoms with Crippen molar-refractivity contribution in [3.05, 3.63) is 442 Å². The number of hydrogen-bond acceptors (Lipinski definition) is 17. The molecule has 0 spiro atoms. The number of thiophene rings is 9. The Morgan fingerprint density at radius 3 is 1.36 bits per heavy atom. The highest BCUT2D eigenvalue weighted by Crippen LogP contribution is 2.33. The van der Waals surface area contributed by atoms with Crippen molar-refractivity contribution in [2.45, 2.75) is 173 Å². The highest BCUT2D eigenvalue weighted by atomic mass is 32.1. The third kappa shape index (κ3) is 33.8. The minimum Gasteiger partial charge on any atom is -0.364 e. The van der Waals surface area contributed by atoms with Gasteiger partial charge < -0.3 is 9.51 Å². The van der Waals surface area contributed by atoms with Crippen molar-refractivity contribution in [3.8, 4) is 21.1 Å². The maximum atomic E-state index is 4.73. The highest BCUT2D eigenvalue weighted by molar-refractivity contribution is 7.20. The summed E-state index contributed by atoms with van der Waals surface area (Å²) in [5, 5.41) is 14.3. The number of aryl methyl sites for hydroxylation is 24. The number of benzene rings is 7. The summed E-state index contributed by atoms with van der Waals surface area (Å²) < 4.78 is 10.1. The predicted octanol–water partition coefficient (Wildman–Crippen LogP) is 39.3. The minimum atomic E-state index is 0.920. The molecule has 724 valence electrons. The number of rotatable bonds is 3. The van der Waals surface area contributed by atoms with Gasteiger partial charge in [-0.25, -0.2) is 4.98 Å². The summed E-state index contributed by atoms with van der Waals surface area (Å²) in [6.45, 7) is 52.6. The van der Waals surface area contributed by atoms with E-state index in [1.807, 2.05) is 128 Å². The summed E-state index contributed by atoms with van der Waals surface area (Å²) in [5.41, 5.74) is 25.3. The summed E-state index contributed by atoms with van der Waals surface area (Å²) in [6.07, 6.45) is 13.5. The lowest BCUT2D eigenvalue weighted by Crippen LogP contribution is -1.82. The monoisotopic (exact) mass is 2030 g/mol. The van der Waals surface area contributed by atoms with Crippen LogP contribution in [0.3, 0.4) is 0 Å². The number of hydrogen-bond donors (Lipinski definition) is 1. The van der Waals surface area contributed by atoms with Gasteiger partial charge in [-0.05, 0) is 397 Å². The van der Waals surface area contributed by atoms with Crippen LogP contribution in [0.15, 0.2) is 315 Å². The SMILES string of the molecule is C/C=C/c1ccc(C)s1.Cc1cc(C)c(C)s1.Cc1ccc(-c2ccccn2)s1.Cc1ccc(-c2ccon2)s1.Cc1ccc2c(C)c[nH]c2c1.Cc1ccc2cc(C)sc2c1.Cc1ccc2cc(C)sc2n1.Cc1ccc2ccc(C)cc2c1.Cc1ccc2nc(C)ccc2c1.Cc1ccc2sc(C)cc2c1.Cc1ccc2sc(C)cc2n1.Cc1cnc2cc(C)ccc2c1.Cc1cnc2cc(C)sc2c1. The Hall–Kier alpha value is -12.7. The first-order chi connectivity index (χ1) is 68.0. The van der Waals surface area contributed by atoms with E-state index in [2.05, 4.69) is 440 Å². The summed E-state index contributed by atoms with van der Waals surface area (Å²) in [5.74, 6) is 0. The van der Waals surface area contributed by atoms with E-state index in [0.717, 1.165) is 60.2 Å². The van der Waals surface area contributed by atoms with Crippen LogP contribution in [0.25, 0.3) is 122 Å². The summed E-state index contributed by atoms with van der Waals surface area (Å²) >= 11 is 16.3. The van der Waals surface area contributed by atoms with Crippen molar-refractivity contribution in [2.24, 2.45) is 0 Å². The van der Waals surface area contributed by atoms with Gasteiger partial charge in [0.1, 0.15) is 16.8 Å². The molecular weight excluding hydrogens is 1910 g/mol. The third-order valence-corrected chi connectivity index (χ3v) is 31.2. The number of nitrogens with zero attached hydrogens (tertiary/aromatic N) is 7. The number of H-pyrrole nitrogens is 1. The van der Waals surface area contributed by atoms with E-state index in [4.69, 9.17) is 4.52 Å². The van der Waals surface area contributed by atoms with Crippen LogP contribution in [-0.4, -0.2) is 40.0 Å². The number of pyridine rings is 6. The molecule has 0 aliphatic carbocycles. The largest absolute Gasteiger partial charge is 0.364 e. The van der Waals surface area contributed by atoms with E-state index in [1.54, 1.807) is 62.9 Å². The first-order valence-electron chi connectivity index (χ1n) is 47.4. The Morgan fingerprint density at radius 1 is 0.275 bits per heavy atom. The molecule has 9 nitrogen and oxygen atoms in total. The lowest BCUT2D eigenvalue weighted by atomic mass is 10.1. The fourth-order valence-corrected chi connectivity index (χ4v) is 23.2. The molecule has 17 aromatic heterocycles. The van der Waals surface area contributed by atoms with Gasteiger partial charge in [0.2, 0.25) is 0 Å². The number of aromatic nitrogens is 8. The standard InChI is InChI=1S/C12H12.2C11H11N.C10H9NS.C10H11N.2C10H10S.3C9H9NS.C8H7NOS.C8H10S.C7H10S/c1-9-3-5-11-6-4-10(2)8-12(11)7-9;1-8-3-6-11-10(7-8)5-4-9(2)12-11;1-8-3-4-10-5-9(2)7-12-11(10)6-8;1-8-5-6-10(12-8)9-4-2-3-7-11-9;1-7-3-4-9-8(2)6-11-10(9)5-7;1-7-3-4-10-9(5-7)6-8(2)11-10;1-7-3-4-9-6-8(2)11-10(9)5-7;1-6-3-9-8(10-5-6)4-7(2)11-9;1-6-3-4-9-8(10-6)5-7(2)11-9;1-6-3-4-8-5-7(2)11-9(8)10-6;1-6-2-3-8(11-6)7-4-5-10-9-7;1-3-4-8-6-5-7(2)9-8;1-5-4-6(2)8-7(5)3/h3-8H,1-2H3;2*3-7H,1-2H3;2-7H,1H3;3-6,11H,1-2H3;2*3-6H,1-2H3;3*3-5H,1-2H3;2-5H,1H3;3-6H,1-2H3;4H,1-3H3/b;;;;;;;;;;;4-3+;. The average Bonchev–Trinajstić information content (AvgIpc) is 1.19. The molecule has 18 heteroatoms. The van der Waals surface area contributed by atoms with Crippen LogP contribution in [-0.2, 0) is 0 Å². The second kappa shape index (κ2) is 52.9. The summed E-state index contributed by atoms with van der Waals surface area (Å²) in [7, 11) is 0. The van der Waals surface area contributed by atoms with Crippen molar-refractivity contribution in [2.75, 3.05) is 0 Å². The van der Waals surface area contributed by atoms with Crippen molar-refractivity contribution in [1.29, 1.82) is 0 Å². The number of fused-ring (bicyclic) bond motifs is 9. The third-order valence-electron chi connectivity index (χ3n) is 22.1. The zero-order valence-electron chi connectivity index (χ0n) is 86.2. The molecule has 0 amide bonds. The zero-order valence-corrected chi connectivity index (χ0v) is 93.6. The van der Waals surface area contributed by atoms with Gasteiger partial charge in [-0.15, -0.1) is 102 Å². The molecule has 24 rings (SSSR count). The van der Waals surface area contributed by atoms with Crippen LogP contribution in [0.5, 0.6) is 0 Å². The van der Waals surface area contributed by atoms with E-state index < -0.39 is 0 Å². The second-order valence-corrected chi connectivity index (χ2v) is 47.4. The molecule has 0 radical (unpaired) electrons. The first-order valence-corrected chi connectivity index (χ1v) is 54.7. The van der Waals surface area contributed by atoms with Gasteiger partial charge in [0.15, 0.2) is 0 Å². The Kier molecular flexibility index (Phi) is 40.3. The Bertz CT molecular complexity index is 7510. The van der Waals surface area contributed by atoms with E-state index in [9.17, 15) is 0 Å². The van der Waals surface area contributed by atoms with Crippen LogP contribution < -0.4 is 0 Å². The number of aromatic amines is 1. The molecule has 0 unspecified atom stereocenters. The van der Waals surface area contributed by atoms with Gasteiger partial charge in [0.25, 0.3) is 0 Å². The lowest BCUT2D eigenvalue weighted by Gasteiger charge is -1.99. The fourth-order valence-electron chi connectivity index (χ4n) is 15.0. The zero-order chi connectivity index (χ0) is 102. The van der Waals surface area contributed by atoms with Crippen LogP contribution >= 0.6 is 102 Å². The predicted molar refractivity (Wildman–Crippen MR) is 633 cm³/mol. The molecule has 1 N–H and O–H groups in total. The molecule has 17 heterocycles. The fraction of sp³-hybridized carbons (Fsp3) is 0.202. The quantitative estimate of drug-likeness (QED) is 0.186. The van der Waals surface area contributed by atoms with E-state index in [1.165, 1.54) is 187 Å². The number of nitrogens with one attached hydrogen (secondary N) is 1. The van der Waals surface area contributed by atoms with Crippen molar-refractivity contribution < 1.29 is 4.52 Å². The minimum absolute atomic E-state index is 0.920. The van der Waals surface area contributed by atoms with Crippen LogP contribution in [0, 0.1) is 166 Å². The maximum absolute atomic E-state index is 4.73. The van der Waals surface area contributed by atoms with Gasteiger partial charge in [-0.2, -0.15) is 0 Å². The van der Waals surface area contributed by atoms with Crippen LogP contribution in [0.2, 0.25) is 0 Å². The van der Waals surface area contributed by atoms with Gasteiger partial charge in [-0.3, -0.25) is 24.9 Å². The molecule has 0 bridgehead atoms. The topological polar surface area (TPSA) is 119 Å². The van der Waals surface area contributed by atoms with Gasteiger partial charge in [0.05, 0.1) is 46.9 Å². The van der Waals surface area contributed by atoms with Crippen LogP contribution in [0.1, 0.15) is 139 Å². The molecule has 24 aromatic rings. The van der Waals surface area contributed by atoms with Gasteiger partial charge in [-0.1, -0.05) is 143 Å². The molecule has 7 aromatic carbocycles. The van der Waals surface area contributed by atoms with Gasteiger partial charge >= 0.3 is 0 Å². The molecular formula is C124H128N8OS9. The van der Waals surface area contributed by atoms with Crippen molar-refractivity contribution in [1.82, 2.24) is 40.0 Å². The van der Waals surface area contributed by atoms with E-state index >= 15 is 0 Å². The lowest BCUT2D eigenvalue weighted by molar-refractivity contribution is 0.422. The molecule has 0 fully saturated rings. The normalized spacial score (nSPS) is 10.5. The molecule has 0 atom stereocenters. The highest BCUT2D eigenvalue weighted by Gasteiger charge is 2.08. The summed E-state index contributed by atoms with van der Waals surface area (Å²) in [6, 6.07) is 95.9. The average molecular weight is 2040 g/mol. The first kappa shape index (κ1) is 108. The molecule has 142 heavy (non-hydrogen) atoms. The molecule has 0 aliphatic rings. The van der Waals surface area contributed by atoms with E-state index in [-0.39, 0.29) is 0 Å². The second-order valence-electron chi connectivity index (χ2n) is 35.6. The molecule has 0 aliphatic heterocycles. The Morgan fingerprint density at radius 2 is 0.746 bits per heavy atom. The smallest absolute Gasteiger partial charge is 0.124 e. The molecule has 0 saturated carbocycles. The van der Waals surface area contributed by atoms with E-state index in [0.29, 0.717) is 0 Å². The molecule has 0 saturated heterocycles. The maximum Gasteiger partial charge on any atom is 0.124 e. The van der Waals surface area contributed by atoms with Crippen LogP contribution in [0.4, 0.5) is 0 Å². The Balaban J connectivity index is 0.000000138.